The number of amides is 1. The minimum absolute atomic E-state index is 0.0116. The van der Waals surface area contributed by atoms with E-state index in [-0.39, 0.29) is 19.0 Å². The van der Waals surface area contributed by atoms with Crippen LogP contribution >= 0.6 is 0 Å². The van der Waals surface area contributed by atoms with E-state index < -0.39 is 11.8 Å². The fraction of sp³-hybridized carbons (Fsp3) is 0.733. The predicted octanol–water partition coefficient (Wildman–Crippen LogP) is 1.82. The molecule has 5 nitrogen and oxygen atoms in total. The summed E-state index contributed by atoms with van der Waals surface area (Å²) < 4.78 is 29.2. The van der Waals surface area contributed by atoms with Crippen LogP contribution in [0.5, 0.6) is 0 Å². The molecule has 2 N–H and O–H groups in total. The van der Waals surface area contributed by atoms with Crippen molar-refractivity contribution in [1.29, 1.82) is 0 Å². The summed E-state index contributed by atoms with van der Waals surface area (Å²) >= 11 is 0. The third kappa shape index (κ3) is 3.82. The van der Waals surface area contributed by atoms with Crippen molar-refractivity contribution in [1.82, 2.24) is 20.4 Å². The Morgan fingerprint density at radius 3 is 2.95 bits per heavy atom. The maximum atomic E-state index is 13.7. The third-order valence-electron chi connectivity index (χ3n) is 4.02. The molecule has 1 amide bonds. The molecule has 0 aliphatic carbocycles. The lowest BCUT2D eigenvalue weighted by molar-refractivity contribution is -0.0712. The fourth-order valence-electron chi connectivity index (χ4n) is 2.65. The molecule has 0 spiro atoms. The Hall–Kier alpha value is -1.50. The second kappa shape index (κ2) is 6.73. The molecular weight excluding hydrogens is 290 g/mol. The van der Waals surface area contributed by atoms with E-state index in [1.165, 1.54) is 6.20 Å². The van der Waals surface area contributed by atoms with Crippen LogP contribution in [-0.2, 0) is 6.54 Å². The Kier molecular flexibility index (Phi) is 5.16. The van der Waals surface area contributed by atoms with Crippen molar-refractivity contribution in [2.75, 3.05) is 19.6 Å². The first-order valence-electron chi connectivity index (χ1n) is 7.70. The highest BCUT2D eigenvalue weighted by atomic mass is 19.3. The van der Waals surface area contributed by atoms with Gasteiger partial charge in [-0.3, -0.25) is 9.48 Å². The van der Waals surface area contributed by atoms with Crippen molar-refractivity contribution >= 4 is 5.91 Å². The van der Waals surface area contributed by atoms with E-state index in [4.69, 9.17) is 0 Å². The van der Waals surface area contributed by atoms with E-state index in [1.54, 1.807) is 4.68 Å². The van der Waals surface area contributed by atoms with Crippen LogP contribution in [0.1, 0.15) is 36.3 Å². The average Bonchev–Trinajstić information content (AvgIpc) is 2.77. The van der Waals surface area contributed by atoms with Crippen molar-refractivity contribution in [2.24, 2.45) is 11.8 Å². The van der Waals surface area contributed by atoms with Gasteiger partial charge in [-0.15, -0.1) is 0 Å². The first-order valence-corrected chi connectivity index (χ1v) is 7.70. The van der Waals surface area contributed by atoms with Gasteiger partial charge in [0.2, 0.25) is 0 Å². The molecule has 1 aromatic heterocycles. The van der Waals surface area contributed by atoms with Crippen molar-refractivity contribution in [3.63, 3.8) is 0 Å². The normalized spacial score (nSPS) is 21.1. The Morgan fingerprint density at radius 2 is 2.32 bits per heavy atom. The lowest BCUT2D eigenvalue weighted by Gasteiger charge is -2.31. The highest BCUT2D eigenvalue weighted by Gasteiger charge is 2.41. The summed E-state index contributed by atoms with van der Waals surface area (Å²) in [6.45, 7) is 6.91. The molecular formula is C15H24F2N4O. The van der Waals surface area contributed by atoms with Crippen LogP contribution in [0.15, 0.2) is 6.20 Å². The van der Waals surface area contributed by atoms with Gasteiger partial charge in [0.1, 0.15) is 0 Å². The predicted molar refractivity (Wildman–Crippen MR) is 80.1 cm³/mol. The number of hydrogen-bond donors (Lipinski definition) is 2. The quantitative estimate of drug-likeness (QED) is 0.871. The van der Waals surface area contributed by atoms with E-state index in [0.29, 0.717) is 24.4 Å². The lowest BCUT2D eigenvalue weighted by atomic mass is 9.94. The van der Waals surface area contributed by atoms with Gasteiger partial charge in [0.05, 0.1) is 18.3 Å². The van der Waals surface area contributed by atoms with Crippen LogP contribution in [0, 0.1) is 18.8 Å². The molecule has 0 bridgehead atoms. The minimum Gasteiger partial charge on any atom is -0.351 e. The molecule has 1 unspecified atom stereocenters. The standard InChI is InChI=1S/C15H24F2N4O/c1-10(2)8-21-11(3)13(7-20-21)14(22)19-6-12-4-5-18-9-15(12,16)17/h7,10,12,18H,4-6,8-9H2,1-3H3,(H,19,22). The summed E-state index contributed by atoms with van der Waals surface area (Å²) in [6.07, 6.45) is 1.87. The van der Waals surface area contributed by atoms with Crippen LogP contribution < -0.4 is 10.6 Å². The van der Waals surface area contributed by atoms with Crippen molar-refractivity contribution < 1.29 is 13.6 Å². The maximum absolute atomic E-state index is 13.7. The zero-order chi connectivity index (χ0) is 16.3. The van der Waals surface area contributed by atoms with E-state index in [1.807, 2.05) is 6.92 Å². The number of halogens is 2. The van der Waals surface area contributed by atoms with Gasteiger partial charge in [-0.25, -0.2) is 8.78 Å². The Morgan fingerprint density at radius 1 is 1.59 bits per heavy atom. The molecule has 0 radical (unpaired) electrons. The Balaban J connectivity index is 1.96. The number of aromatic nitrogens is 2. The first-order chi connectivity index (χ1) is 10.3. The number of rotatable bonds is 5. The number of piperidine rings is 1. The fourth-order valence-corrected chi connectivity index (χ4v) is 2.65. The maximum Gasteiger partial charge on any atom is 0.264 e. The Bertz CT molecular complexity index is 528. The van der Waals surface area contributed by atoms with Gasteiger partial charge < -0.3 is 10.6 Å². The lowest BCUT2D eigenvalue weighted by Crippen LogP contribution is -2.50. The SMILES string of the molecule is Cc1c(C(=O)NCC2CCNCC2(F)F)cnn1CC(C)C. The van der Waals surface area contributed by atoms with Gasteiger partial charge in [0.25, 0.3) is 11.8 Å². The molecule has 1 aromatic rings. The van der Waals surface area contributed by atoms with Gasteiger partial charge in [-0.2, -0.15) is 5.10 Å². The number of nitrogens with zero attached hydrogens (tertiary/aromatic N) is 2. The molecule has 2 heterocycles. The summed E-state index contributed by atoms with van der Waals surface area (Å²) in [4.78, 5) is 12.2. The van der Waals surface area contributed by atoms with Gasteiger partial charge in [-0.05, 0) is 25.8 Å². The van der Waals surface area contributed by atoms with Crippen LogP contribution in [0.2, 0.25) is 0 Å². The van der Waals surface area contributed by atoms with Crippen molar-refractivity contribution in [3.05, 3.63) is 17.5 Å². The molecule has 124 valence electrons. The molecule has 2 rings (SSSR count). The zero-order valence-corrected chi connectivity index (χ0v) is 13.3. The third-order valence-corrected chi connectivity index (χ3v) is 4.02. The topological polar surface area (TPSA) is 59.0 Å². The number of nitrogens with one attached hydrogen (secondary N) is 2. The van der Waals surface area contributed by atoms with Crippen molar-refractivity contribution in [3.8, 4) is 0 Å². The Labute approximate surface area is 129 Å². The molecule has 1 saturated heterocycles. The summed E-state index contributed by atoms with van der Waals surface area (Å²) in [5, 5.41) is 9.51. The van der Waals surface area contributed by atoms with Gasteiger partial charge >= 0.3 is 0 Å². The highest BCUT2D eigenvalue weighted by molar-refractivity contribution is 5.95. The van der Waals surface area contributed by atoms with Crippen LogP contribution in [-0.4, -0.2) is 41.2 Å². The van der Waals surface area contributed by atoms with E-state index in [2.05, 4.69) is 29.6 Å². The van der Waals surface area contributed by atoms with E-state index in [0.717, 1.165) is 12.2 Å². The number of hydrogen-bond acceptors (Lipinski definition) is 3. The van der Waals surface area contributed by atoms with E-state index in [9.17, 15) is 13.6 Å². The van der Waals surface area contributed by atoms with Crippen molar-refractivity contribution in [2.45, 2.75) is 39.7 Å². The molecule has 1 aliphatic heterocycles. The first kappa shape index (κ1) is 16.9. The summed E-state index contributed by atoms with van der Waals surface area (Å²) in [6, 6.07) is 0. The second-order valence-corrected chi connectivity index (χ2v) is 6.35. The van der Waals surface area contributed by atoms with E-state index >= 15 is 0 Å². The zero-order valence-electron chi connectivity index (χ0n) is 13.3. The molecule has 1 fully saturated rings. The molecule has 0 saturated carbocycles. The molecule has 1 aliphatic rings. The van der Waals surface area contributed by atoms with Gasteiger partial charge in [-0.1, -0.05) is 13.8 Å². The second-order valence-electron chi connectivity index (χ2n) is 6.35. The monoisotopic (exact) mass is 314 g/mol. The number of carbonyl (C=O) groups excluding carboxylic acids is 1. The molecule has 0 aromatic carbocycles. The smallest absolute Gasteiger partial charge is 0.264 e. The van der Waals surface area contributed by atoms with Crippen LogP contribution in [0.4, 0.5) is 8.78 Å². The largest absolute Gasteiger partial charge is 0.351 e. The van der Waals surface area contributed by atoms with Crippen LogP contribution in [0.3, 0.4) is 0 Å². The minimum atomic E-state index is -2.78. The average molecular weight is 314 g/mol. The summed E-state index contributed by atoms with van der Waals surface area (Å²) in [5.41, 5.74) is 1.22. The summed E-state index contributed by atoms with van der Waals surface area (Å²) in [7, 11) is 0. The number of carbonyl (C=O) groups is 1. The van der Waals surface area contributed by atoms with Crippen LogP contribution in [0.25, 0.3) is 0 Å². The molecule has 7 heteroatoms. The summed E-state index contributed by atoms with van der Waals surface area (Å²) in [5.74, 6) is -3.50. The molecule has 22 heavy (non-hydrogen) atoms. The van der Waals surface area contributed by atoms with Gasteiger partial charge in [0.15, 0.2) is 0 Å². The molecule has 1 atom stereocenters. The highest BCUT2D eigenvalue weighted by Crippen LogP contribution is 2.28. The van der Waals surface area contributed by atoms with Gasteiger partial charge in [0, 0.05) is 24.7 Å². The number of alkyl halides is 2.